The summed E-state index contributed by atoms with van der Waals surface area (Å²) in [5.74, 6) is -0.888. The van der Waals surface area contributed by atoms with Gasteiger partial charge in [-0.25, -0.2) is 0 Å². The lowest BCUT2D eigenvalue weighted by atomic mass is 9.97. The summed E-state index contributed by atoms with van der Waals surface area (Å²) in [5.41, 5.74) is 3.53. The van der Waals surface area contributed by atoms with Crippen molar-refractivity contribution >= 4 is 34.2 Å². The predicted octanol–water partition coefficient (Wildman–Crippen LogP) is 1.93. The molecule has 2 aliphatic heterocycles. The molecule has 1 unspecified atom stereocenters. The number of benzene rings is 2. The molecule has 0 radical (unpaired) electrons. The maximum absolute atomic E-state index is 13.1. The third-order valence-electron chi connectivity index (χ3n) is 5.49. The van der Waals surface area contributed by atoms with E-state index in [2.05, 4.69) is 10.4 Å². The fraction of sp³-hybridized carbons (Fsp3) is 0.238. The summed E-state index contributed by atoms with van der Waals surface area (Å²) >= 11 is 0. The average molecular weight is 374 g/mol. The van der Waals surface area contributed by atoms with Crippen molar-refractivity contribution in [1.82, 2.24) is 15.1 Å². The number of nitrogens with one attached hydrogen (secondary N) is 1. The van der Waals surface area contributed by atoms with Gasteiger partial charge in [-0.15, -0.1) is 0 Å². The van der Waals surface area contributed by atoms with Crippen molar-refractivity contribution in [3.05, 3.63) is 59.4 Å². The lowest BCUT2D eigenvalue weighted by Crippen LogP contribution is -2.53. The number of hydrogen-bond donors (Lipinski definition) is 1. The molecule has 2 aromatic carbocycles. The van der Waals surface area contributed by atoms with Crippen LogP contribution in [0.3, 0.4) is 0 Å². The normalized spacial score (nSPS) is 18.8. The minimum Gasteiger partial charge on any atom is -0.295 e. The van der Waals surface area contributed by atoms with Crippen molar-refractivity contribution in [2.24, 2.45) is 7.05 Å². The first-order valence-corrected chi connectivity index (χ1v) is 9.22. The molecule has 1 fully saturated rings. The first-order chi connectivity index (χ1) is 13.5. The molecule has 140 valence electrons. The molecule has 7 heteroatoms. The Morgan fingerprint density at radius 1 is 1.18 bits per heavy atom. The van der Waals surface area contributed by atoms with Gasteiger partial charge in [0.25, 0.3) is 5.91 Å². The third kappa shape index (κ3) is 2.43. The summed E-state index contributed by atoms with van der Waals surface area (Å²) in [6.45, 7) is 0. The second-order valence-electron chi connectivity index (χ2n) is 7.31. The number of carbonyl (C=O) groups excluding carboxylic acids is 3. The zero-order valence-electron chi connectivity index (χ0n) is 15.3. The summed E-state index contributed by atoms with van der Waals surface area (Å²) in [7, 11) is 1.88. The van der Waals surface area contributed by atoms with Gasteiger partial charge in [-0.2, -0.15) is 5.10 Å². The molecule has 2 aliphatic rings. The fourth-order valence-electron chi connectivity index (χ4n) is 4.24. The monoisotopic (exact) mass is 374 g/mol. The van der Waals surface area contributed by atoms with Crippen LogP contribution in [0.25, 0.3) is 10.8 Å². The van der Waals surface area contributed by atoms with Crippen LogP contribution >= 0.6 is 0 Å². The minimum atomic E-state index is -0.662. The molecular formula is C21H18N4O3. The molecule has 1 atom stereocenters. The van der Waals surface area contributed by atoms with Gasteiger partial charge in [0, 0.05) is 37.0 Å². The van der Waals surface area contributed by atoms with E-state index >= 15 is 0 Å². The van der Waals surface area contributed by atoms with Gasteiger partial charge in [0.2, 0.25) is 11.8 Å². The van der Waals surface area contributed by atoms with E-state index in [0.717, 1.165) is 27.6 Å². The molecular weight excluding hydrogens is 356 g/mol. The second-order valence-corrected chi connectivity index (χ2v) is 7.31. The van der Waals surface area contributed by atoms with Gasteiger partial charge in [-0.1, -0.05) is 18.2 Å². The molecule has 0 spiro atoms. The lowest BCUT2D eigenvalue weighted by Gasteiger charge is -2.30. The Bertz CT molecular complexity index is 1160. The first-order valence-electron chi connectivity index (χ1n) is 9.22. The van der Waals surface area contributed by atoms with Crippen LogP contribution in [-0.2, 0) is 23.1 Å². The van der Waals surface area contributed by atoms with Crippen molar-refractivity contribution in [3.8, 4) is 0 Å². The van der Waals surface area contributed by atoms with Crippen LogP contribution in [0.15, 0.2) is 42.7 Å². The zero-order chi connectivity index (χ0) is 19.4. The summed E-state index contributed by atoms with van der Waals surface area (Å²) in [6, 6.07) is 8.94. The number of hydrogen-bond acceptors (Lipinski definition) is 4. The number of anilines is 1. The quantitative estimate of drug-likeness (QED) is 0.710. The largest absolute Gasteiger partial charge is 0.295 e. The summed E-state index contributed by atoms with van der Waals surface area (Å²) < 4.78 is 1.77. The standard InChI is InChI=1S/C21H18N4O3/c1-24-11-12(10-22-24)9-13-5-6-16-19-14(13)3-2-4-15(19)21(28)25(16)17-7-8-18(26)23-20(17)27/h2-6,10-11,17H,7-9H2,1H3,(H,23,26,27). The zero-order valence-corrected chi connectivity index (χ0v) is 15.3. The highest BCUT2D eigenvalue weighted by Crippen LogP contribution is 2.41. The van der Waals surface area contributed by atoms with Crippen molar-refractivity contribution in [3.63, 3.8) is 0 Å². The molecule has 1 aromatic heterocycles. The van der Waals surface area contributed by atoms with Crippen molar-refractivity contribution < 1.29 is 14.4 Å². The van der Waals surface area contributed by atoms with E-state index < -0.39 is 11.9 Å². The molecule has 3 amide bonds. The van der Waals surface area contributed by atoms with Gasteiger partial charge < -0.3 is 0 Å². The highest BCUT2D eigenvalue weighted by atomic mass is 16.2. The van der Waals surface area contributed by atoms with Crippen LogP contribution in [-0.4, -0.2) is 33.5 Å². The number of amides is 3. The Morgan fingerprint density at radius 2 is 2.04 bits per heavy atom. The van der Waals surface area contributed by atoms with Gasteiger partial charge >= 0.3 is 0 Å². The molecule has 5 rings (SSSR count). The van der Waals surface area contributed by atoms with Gasteiger partial charge in [0.05, 0.1) is 11.9 Å². The molecule has 0 aliphatic carbocycles. The number of rotatable bonds is 3. The molecule has 0 bridgehead atoms. The van der Waals surface area contributed by atoms with Crippen LogP contribution in [0.1, 0.15) is 34.3 Å². The van der Waals surface area contributed by atoms with Gasteiger partial charge in [0.15, 0.2) is 0 Å². The van der Waals surface area contributed by atoms with E-state index in [9.17, 15) is 14.4 Å². The topological polar surface area (TPSA) is 84.3 Å². The van der Waals surface area contributed by atoms with Crippen LogP contribution in [0, 0.1) is 0 Å². The van der Waals surface area contributed by atoms with Gasteiger partial charge in [-0.3, -0.25) is 29.3 Å². The Labute approximate surface area is 160 Å². The Morgan fingerprint density at radius 3 is 2.79 bits per heavy atom. The van der Waals surface area contributed by atoms with Crippen LogP contribution in [0.4, 0.5) is 5.69 Å². The highest BCUT2D eigenvalue weighted by molar-refractivity contribution is 6.27. The summed E-state index contributed by atoms with van der Waals surface area (Å²) in [4.78, 5) is 38.6. The van der Waals surface area contributed by atoms with Crippen LogP contribution < -0.4 is 10.2 Å². The van der Waals surface area contributed by atoms with E-state index in [-0.39, 0.29) is 18.2 Å². The van der Waals surface area contributed by atoms with E-state index in [1.165, 1.54) is 0 Å². The maximum atomic E-state index is 13.1. The number of carbonyl (C=O) groups is 3. The van der Waals surface area contributed by atoms with E-state index in [1.54, 1.807) is 15.6 Å². The molecule has 3 aromatic rings. The highest BCUT2D eigenvalue weighted by Gasteiger charge is 2.40. The number of imide groups is 1. The average Bonchev–Trinajstić information content (AvgIpc) is 3.20. The van der Waals surface area contributed by atoms with Gasteiger partial charge in [0.1, 0.15) is 6.04 Å². The van der Waals surface area contributed by atoms with Crippen LogP contribution in [0.2, 0.25) is 0 Å². The first kappa shape index (κ1) is 16.7. The SMILES string of the molecule is Cn1cc(Cc2ccc3c4c(cccc24)C(=O)N3C2CCC(=O)NC2=O)cn1. The fourth-order valence-corrected chi connectivity index (χ4v) is 4.24. The Kier molecular flexibility index (Phi) is 3.58. The number of piperidine rings is 1. The number of nitrogens with zero attached hydrogens (tertiary/aromatic N) is 3. The number of aromatic nitrogens is 2. The molecule has 3 heterocycles. The molecule has 1 N–H and O–H groups in total. The Balaban J connectivity index is 1.60. The molecule has 7 nitrogen and oxygen atoms in total. The van der Waals surface area contributed by atoms with E-state index in [0.29, 0.717) is 18.4 Å². The molecule has 0 saturated carbocycles. The maximum Gasteiger partial charge on any atom is 0.259 e. The van der Waals surface area contributed by atoms with E-state index in [4.69, 9.17) is 0 Å². The molecule has 28 heavy (non-hydrogen) atoms. The Hall–Kier alpha value is -3.48. The number of aryl methyl sites for hydroxylation is 1. The summed E-state index contributed by atoms with van der Waals surface area (Å²) in [6.07, 6.45) is 5.09. The smallest absolute Gasteiger partial charge is 0.259 e. The lowest BCUT2D eigenvalue weighted by molar-refractivity contribution is -0.134. The predicted molar refractivity (Wildman–Crippen MR) is 103 cm³/mol. The second kappa shape index (κ2) is 6.02. The third-order valence-corrected chi connectivity index (χ3v) is 5.49. The summed E-state index contributed by atoms with van der Waals surface area (Å²) in [5, 5.41) is 8.45. The molecule has 1 saturated heterocycles. The minimum absolute atomic E-state index is 0.186. The van der Waals surface area contributed by atoms with Crippen LogP contribution in [0.5, 0.6) is 0 Å². The van der Waals surface area contributed by atoms with Crippen molar-refractivity contribution in [2.45, 2.75) is 25.3 Å². The van der Waals surface area contributed by atoms with Gasteiger partial charge in [-0.05, 0) is 35.1 Å². The van der Waals surface area contributed by atoms with E-state index in [1.807, 2.05) is 43.7 Å². The van der Waals surface area contributed by atoms with Crippen molar-refractivity contribution in [2.75, 3.05) is 4.90 Å². The van der Waals surface area contributed by atoms with Crippen molar-refractivity contribution in [1.29, 1.82) is 0 Å².